The standard InChI is InChI=1S/C14H20BrFO/c1-3-5-14(17,6-4-2)10-11-7-12(15)9-13(16)8-11/h7-9,17H,3-6,10H2,1-2H3. The molecule has 1 aromatic carbocycles. The molecule has 0 aliphatic rings. The number of benzene rings is 1. The summed E-state index contributed by atoms with van der Waals surface area (Å²) in [5.41, 5.74) is 0.151. The van der Waals surface area contributed by atoms with E-state index in [1.165, 1.54) is 12.1 Å². The Morgan fingerprint density at radius 2 is 1.76 bits per heavy atom. The largest absolute Gasteiger partial charge is 0.390 e. The van der Waals surface area contributed by atoms with Crippen LogP contribution in [0.2, 0.25) is 0 Å². The fourth-order valence-electron chi connectivity index (χ4n) is 2.33. The minimum absolute atomic E-state index is 0.260. The van der Waals surface area contributed by atoms with Crippen LogP contribution in [-0.2, 0) is 6.42 Å². The van der Waals surface area contributed by atoms with Crippen molar-refractivity contribution in [2.75, 3.05) is 0 Å². The Bertz CT molecular complexity index is 339. The van der Waals surface area contributed by atoms with Crippen molar-refractivity contribution in [1.82, 2.24) is 0 Å². The van der Waals surface area contributed by atoms with Gasteiger partial charge in [0.05, 0.1) is 5.60 Å². The van der Waals surface area contributed by atoms with Gasteiger partial charge in [0, 0.05) is 10.9 Å². The number of hydrogen-bond acceptors (Lipinski definition) is 1. The lowest BCUT2D eigenvalue weighted by Crippen LogP contribution is -2.31. The molecule has 17 heavy (non-hydrogen) atoms. The van der Waals surface area contributed by atoms with Gasteiger partial charge in [-0.25, -0.2) is 4.39 Å². The van der Waals surface area contributed by atoms with Crippen LogP contribution >= 0.6 is 15.9 Å². The van der Waals surface area contributed by atoms with Gasteiger partial charge in [-0.1, -0.05) is 42.6 Å². The molecule has 0 saturated heterocycles. The second-order valence-corrected chi connectivity index (χ2v) is 5.59. The summed E-state index contributed by atoms with van der Waals surface area (Å²) >= 11 is 3.28. The molecule has 1 aromatic rings. The van der Waals surface area contributed by atoms with Crippen LogP contribution in [0.15, 0.2) is 22.7 Å². The smallest absolute Gasteiger partial charge is 0.124 e. The molecule has 0 aliphatic heterocycles. The summed E-state index contributed by atoms with van der Waals surface area (Å²) in [5.74, 6) is -0.260. The van der Waals surface area contributed by atoms with Gasteiger partial charge in [-0.05, 0) is 36.6 Å². The van der Waals surface area contributed by atoms with E-state index >= 15 is 0 Å². The maximum absolute atomic E-state index is 13.3. The first-order valence-electron chi connectivity index (χ1n) is 6.16. The van der Waals surface area contributed by atoms with E-state index in [0.29, 0.717) is 6.42 Å². The highest BCUT2D eigenvalue weighted by molar-refractivity contribution is 9.10. The SMILES string of the molecule is CCCC(O)(CCC)Cc1cc(F)cc(Br)c1. The molecule has 96 valence electrons. The third-order valence-corrected chi connectivity index (χ3v) is 3.34. The molecule has 1 rings (SSSR count). The monoisotopic (exact) mass is 302 g/mol. The lowest BCUT2D eigenvalue weighted by Gasteiger charge is -2.27. The second-order valence-electron chi connectivity index (χ2n) is 4.68. The van der Waals surface area contributed by atoms with Gasteiger partial charge in [-0.3, -0.25) is 0 Å². The fourth-order valence-corrected chi connectivity index (χ4v) is 2.84. The van der Waals surface area contributed by atoms with Crippen molar-refractivity contribution in [3.05, 3.63) is 34.1 Å². The second kappa shape index (κ2) is 6.50. The zero-order valence-corrected chi connectivity index (χ0v) is 12.1. The van der Waals surface area contributed by atoms with Crippen molar-refractivity contribution < 1.29 is 9.50 Å². The minimum Gasteiger partial charge on any atom is -0.390 e. The molecule has 0 heterocycles. The summed E-state index contributed by atoms with van der Waals surface area (Å²) < 4.78 is 14.0. The van der Waals surface area contributed by atoms with Crippen molar-refractivity contribution >= 4 is 15.9 Å². The maximum Gasteiger partial charge on any atom is 0.124 e. The average molecular weight is 303 g/mol. The van der Waals surface area contributed by atoms with E-state index in [2.05, 4.69) is 29.8 Å². The molecule has 0 fully saturated rings. The molecule has 0 bridgehead atoms. The van der Waals surface area contributed by atoms with Gasteiger partial charge in [0.1, 0.15) is 5.82 Å². The number of halogens is 2. The Labute approximate surface area is 111 Å². The molecule has 1 N–H and O–H groups in total. The van der Waals surface area contributed by atoms with Gasteiger partial charge in [0.15, 0.2) is 0 Å². The zero-order chi connectivity index (χ0) is 12.9. The number of rotatable bonds is 6. The molecule has 0 spiro atoms. The van der Waals surface area contributed by atoms with E-state index in [1.807, 2.05) is 6.07 Å². The highest BCUT2D eigenvalue weighted by Gasteiger charge is 2.25. The Balaban J connectivity index is 2.85. The van der Waals surface area contributed by atoms with Gasteiger partial charge in [-0.15, -0.1) is 0 Å². The molecule has 0 aromatic heterocycles. The van der Waals surface area contributed by atoms with E-state index in [4.69, 9.17) is 0 Å². The number of hydrogen-bond donors (Lipinski definition) is 1. The highest BCUT2D eigenvalue weighted by Crippen LogP contribution is 2.26. The van der Waals surface area contributed by atoms with Crippen LogP contribution in [0.25, 0.3) is 0 Å². The van der Waals surface area contributed by atoms with Crippen molar-refractivity contribution in [1.29, 1.82) is 0 Å². The quantitative estimate of drug-likeness (QED) is 0.822. The zero-order valence-electron chi connectivity index (χ0n) is 10.5. The molecular formula is C14H20BrFO. The van der Waals surface area contributed by atoms with Gasteiger partial charge in [0.25, 0.3) is 0 Å². The van der Waals surface area contributed by atoms with Crippen molar-refractivity contribution in [2.24, 2.45) is 0 Å². The van der Waals surface area contributed by atoms with Crippen LogP contribution in [0.1, 0.15) is 45.1 Å². The predicted molar refractivity (Wildman–Crippen MR) is 72.6 cm³/mol. The Morgan fingerprint density at radius 1 is 1.18 bits per heavy atom. The molecule has 0 aliphatic carbocycles. The van der Waals surface area contributed by atoms with Crippen molar-refractivity contribution in [2.45, 2.75) is 51.6 Å². The van der Waals surface area contributed by atoms with Gasteiger partial charge >= 0.3 is 0 Å². The normalized spacial score (nSPS) is 11.8. The molecular weight excluding hydrogens is 283 g/mol. The van der Waals surface area contributed by atoms with Crippen LogP contribution in [0.3, 0.4) is 0 Å². The topological polar surface area (TPSA) is 20.2 Å². The number of aliphatic hydroxyl groups is 1. The molecule has 0 atom stereocenters. The minimum atomic E-state index is -0.698. The average Bonchev–Trinajstić information content (AvgIpc) is 2.15. The van der Waals surface area contributed by atoms with Crippen LogP contribution in [-0.4, -0.2) is 10.7 Å². The Kier molecular flexibility index (Phi) is 5.60. The third kappa shape index (κ3) is 4.76. The lowest BCUT2D eigenvalue weighted by atomic mass is 9.86. The third-order valence-electron chi connectivity index (χ3n) is 2.89. The van der Waals surface area contributed by atoms with Crippen LogP contribution in [0, 0.1) is 5.82 Å². The summed E-state index contributed by atoms with van der Waals surface area (Å²) in [4.78, 5) is 0. The van der Waals surface area contributed by atoms with Gasteiger partial charge in [-0.2, -0.15) is 0 Å². The van der Waals surface area contributed by atoms with Crippen LogP contribution in [0.4, 0.5) is 4.39 Å². The molecule has 0 radical (unpaired) electrons. The summed E-state index contributed by atoms with van der Waals surface area (Å²) in [5, 5.41) is 10.5. The van der Waals surface area contributed by atoms with E-state index in [9.17, 15) is 9.50 Å². The Morgan fingerprint density at radius 3 is 2.24 bits per heavy atom. The first kappa shape index (κ1) is 14.7. The predicted octanol–water partition coefficient (Wildman–Crippen LogP) is 4.46. The van der Waals surface area contributed by atoms with Crippen LogP contribution < -0.4 is 0 Å². The lowest BCUT2D eigenvalue weighted by molar-refractivity contribution is 0.0216. The van der Waals surface area contributed by atoms with Gasteiger partial charge < -0.3 is 5.11 Å². The fraction of sp³-hybridized carbons (Fsp3) is 0.571. The summed E-state index contributed by atoms with van der Waals surface area (Å²) in [6, 6.07) is 4.81. The highest BCUT2D eigenvalue weighted by atomic mass is 79.9. The molecule has 1 nitrogen and oxygen atoms in total. The molecule has 3 heteroatoms. The van der Waals surface area contributed by atoms with E-state index < -0.39 is 5.60 Å². The summed E-state index contributed by atoms with van der Waals surface area (Å²) in [6.45, 7) is 4.12. The van der Waals surface area contributed by atoms with E-state index in [1.54, 1.807) is 0 Å². The summed E-state index contributed by atoms with van der Waals surface area (Å²) in [6.07, 6.45) is 3.91. The van der Waals surface area contributed by atoms with Crippen molar-refractivity contribution in [3.8, 4) is 0 Å². The molecule has 0 saturated carbocycles. The summed E-state index contributed by atoms with van der Waals surface area (Å²) in [7, 11) is 0. The maximum atomic E-state index is 13.3. The molecule has 0 unspecified atom stereocenters. The van der Waals surface area contributed by atoms with E-state index in [0.717, 1.165) is 35.7 Å². The molecule has 0 amide bonds. The van der Waals surface area contributed by atoms with E-state index in [-0.39, 0.29) is 5.82 Å². The van der Waals surface area contributed by atoms with Crippen molar-refractivity contribution in [3.63, 3.8) is 0 Å². The Hall–Kier alpha value is -0.410. The van der Waals surface area contributed by atoms with Gasteiger partial charge in [0.2, 0.25) is 0 Å². The first-order valence-corrected chi connectivity index (χ1v) is 6.96. The van der Waals surface area contributed by atoms with Crippen LogP contribution in [0.5, 0.6) is 0 Å². The first-order chi connectivity index (χ1) is 7.99.